The molecule has 0 atom stereocenters. The zero-order chi connectivity index (χ0) is 21.7. The molecule has 1 aliphatic carbocycles. The van der Waals surface area contributed by atoms with Crippen molar-refractivity contribution in [2.24, 2.45) is 12.0 Å². The quantitative estimate of drug-likeness (QED) is 0.665. The lowest BCUT2D eigenvalue weighted by Gasteiger charge is -2.23. The van der Waals surface area contributed by atoms with E-state index in [9.17, 15) is 5.26 Å². The van der Waals surface area contributed by atoms with E-state index < -0.39 is 0 Å². The highest BCUT2D eigenvalue weighted by molar-refractivity contribution is 8.00. The molecule has 30 heavy (non-hydrogen) atoms. The van der Waals surface area contributed by atoms with Crippen LogP contribution in [0.3, 0.4) is 0 Å². The molecule has 6 heteroatoms. The van der Waals surface area contributed by atoms with E-state index in [0.29, 0.717) is 0 Å². The van der Waals surface area contributed by atoms with Crippen LogP contribution >= 0.6 is 11.8 Å². The Kier molecular flexibility index (Phi) is 7.38. The Morgan fingerprint density at radius 1 is 1.23 bits per heavy atom. The predicted octanol–water partition coefficient (Wildman–Crippen LogP) is 5.26. The number of hydrogen-bond donors (Lipinski definition) is 0. The molecule has 0 spiro atoms. The Bertz CT molecular complexity index is 998. The van der Waals surface area contributed by atoms with Crippen LogP contribution < -0.4 is 4.90 Å². The van der Waals surface area contributed by atoms with E-state index in [2.05, 4.69) is 61.7 Å². The summed E-state index contributed by atoms with van der Waals surface area (Å²) in [5, 5.41) is 9.83. The summed E-state index contributed by atoms with van der Waals surface area (Å²) in [7, 11) is 4.14. The normalized spacial score (nSPS) is 18.5. The average Bonchev–Trinajstić information content (AvgIpc) is 2.89. The zero-order valence-corrected chi connectivity index (χ0v) is 19.5. The van der Waals surface area contributed by atoms with Gasteiger partial charge in [-0.05, 0) is 38.2 Å². The van der Waals surface area contributed by atoms with Crippen molar-refractivity contribution in [3.8, 4) is 6.07 Å². The van der Waals surface area contributed by atoms with Crippen LogP contribution in [0.5, 0.6) is 0 Å². The van der Waals surface area contributed by atoms with E-state index in [1.807, 2.05) is 24.8 Å². The second-order valence-electron chi connectivity index (χ2n) is 7.56. The second kappa shape index (κ2) is 9.99. The van der Waals surface area contributed by atoms with Gasteiger partial charge in [0.05, 0.1) is 23.2 Å². The first-order chi connectivity index (χ1) is 14.5. The van der Waals surface area contributed by atoms with Crippen LogP contribution in [-0.2, 0) is 13.5 Å². The molecular formula is C24H31N5S. The van der Waals surface area contributed by atoms with Crippen LogP contribution in [0.4, 0.5) is 5.82 Å². The fraction of sp³-hybridized carbons (Fsp3) is 0.458. The van der Waals surface area contributed by atoms with Crippen molar-refractivity contribution in [3.63, 3.8) is 0 Å². The molecule has 3 rings (SSSR count). The standard InChI is InChI=1S/C24H31N5S/c1-6-18-15-30-16-22(29(5)24-21(7-2)26-17(3)28(24)4)27-23(18)20-13-11-9-8-10-12-19(20)14-25/h8-9,11,13H,6-7,10,12,15-16H2,1-5H3/b9-8+,13-11?,20-19?. The molecule has 0 amide bonds. The summed E-state index contributed by atoms with van der Waals surface area (Å²) in [6.45, 7) is 6.36. The molecule has 0 saturated carbocycles. The maximum atomic E-state index is 9.83. The van der Waals surface area contributed by atoms with Crippen molar-refractivity contribution in [1.82, 2.24) is 9.55 Å². The molecule has 2 heterocycles. The first-order valence-electron chi connectivity index (χ1n) is 10.6. The Balaban J connectivity index is 2.14. The number of aryl methyl sites for hydroxylation is 2. The first-order valence-corrected chi connectivity index (χ1v) is 11.8. The number of imidazole rings is 1. The largest absolute Gasteiger partial charge is 0.318 e. The van der Waals surface area contributed by atoms with E-state index in [1.54, 1.807) is 0 Å². The van der Waals surface area contributed by atoms with Gasteiger partial charge in [0.25, 0.3) is 0 Å². The summed E-state index contributed by atoms with van der Waals surface area (Å²) < 4.78 is 2.14. The number of aromatic nitrogens is 2. The highest BCUT2D eigenvalue weighted by atomic mass is 32.2. The highest BCUT2D eigenvalue weighted by Gasteiger charge is 2.23. The number of nitriles is 1. The lowest BCUT2D eigenvalue weighted by Crippen LogP contribution is -2.31. The number of allylic oxidation sites excluding steroid dienone is 5. The predicted molar refractivity (Wildman–Crippen MR) is 128 cm³/mol. The molecule has 1 aromatic heterocycles. The molecule has 1 aromatic rings. The van der Waals surface area contributed by atoms with Gasteiger partial charge >= 0.3 is 0 Å². The number of amidine groups is 1. The van der Waals surface area contributed by atoms with Gasteiger partial charge in [0.1, 0.15) is 17.5 Å². The number of rotatable bonds is 4. The Morgan fingerprint density at radius 3 is 2.73 bits per heavy atom. The molecule has 1 aliphatic heterocycles. The third kappa shape index (κ3) is 4.46. The molecule has 0 fully saturated rings. The van der Waals surface area contributed by atoms with E-state index >= 15 is 0 Å². The van der Waals surface area contributed by atoms with Crippen LogP contribution in [0.1, 0.15) is 44.6 Å². The molecule has 0 unspecified atom stereocenters. The van der Waals surface area contributed by atoms with Crippen molar-refractivity contribution in [1.29, 1.82) is 5.26 Å². The van der Waals surface area contributed by atoms with Gasteiger partial charge < -0.3 is 9.47 Å². The topological polar surface area (TPSA) is 57.2 Å². The SMILES string of the molecule is CCC1=C(C2=C(C#N)CC/C=C/C=C2)N=C(N(C)c2c(CC)nc(C)n2C)CSC1. The third-order valence-corrected chi connectivity index (χ3v) is 6.71. The number of hydrogen-bond acceptors (Lipinski definition) is 5. The summed E-state index contributed by atoms with van der Waals surface area (Å²) in [4.78, 5) is 12.1. The molecular weight excluding hydrogens is 390 g/mol. The lowest BCUT2D eigenvalue weighted by molar-refractivity contribution is 0.848. The van der Waals surface area contributed by atoms with Gasteiger partial charge in [-0.2, -0.15) is 5.26 Å². The number of thioether (sulfide) groups is 1. The highest BCUT2D eigenvalue weighted by Crippen LogP contribution is 2.32. The van der Waals surface area contributed by atoms with Gasteiger partial charge in [0.15, 0.2) is 0 Å². The third-order valence-electron chi connectivity index (χ3n) is 5.69. The fourth-order valence-electron chi connectivity index (χ4n) is 3.84. The van der Waals surface area contributed by atoms with Crippen molar-refractivity contribution in [2.75, 3.05) is 23.5 Å². The minimum atomic E-state index is 0.752. The van der Waals surface area contributed by atoms with Crippen molar-refractivity contribution in [2.45, 2.75) is 46.5 Å². The Morgan fingerprint density at radius 2 is 2.03 bits per heavy atom. The first kappa shape index (κ1) is 22.2. The molecule has 5 nitrogen and oxygen atoms in total. The number of aliphatic imine (C=N–C) groups is 1. The molecule has 0 saturated heterocycles. The van der Waals surface area contributed by atoms with Gasteiger partial charge in [0.2, 0.25) is 0 Å². The molecule has 158 valence electrons. The van der Waals surface area contributed by atoms with Crippen LogP contribution in [0.15, 0.2) is 51.7 Å². The van der Waals surface area contributed by atoms with E-state index in [4.69, 9.17) is 9.98 Å². The van der Waals surface area contributed by atoms with E-state index in [-0.39, 0.29) is 0 Å². The van der Waals surface area contributed by atoms with Crippen LogP contribution in [0, 0.1) is 18.3 Å². The minimum Gasteiger partial charge on any atom is -0.318 e. The monoisotopic (exact) mass is 421 g/mol. The van der Waals surface area contributed by atoms with Gasteiger partial charge in [-0.15, -0.1) is 11.8 Å². The summed E-state index contributed by atoms with van der Waals surface area (Å²) >= 11 is 1.89. The van der Waals surface area contributed by atoms with E-state index in [0.717, 1.165) is 77.2 Å². The minimum absolute atomic E-state index is 0.752. The number of anilines is 1. The summed E-state index contributed by atoms with van der Waals surface area (Å²) in [6, 6.07) is 2.45. The van der Waals surface area contributed by atoms with Crippen molar-refractivity contribution in [3.05, 3.63) is 58.2 Å². The summed E-state index contributed by atoms with van der Waals surface area (Å²) in [6.07, 6.45) is 11.7. The maximum Gasteiger partial charge on any atom is 0.136 e. The van der Waals surface area contributed by atoms with Crippen LogP contribution in [0.25, 0.3) is 0 Å². The lowest BCUT2D eigenvalue weighted by atomic mass is 9.96. The number of nitrogens with zero attached hydrogens (tertiary/aromatic N) is 5. The van der Waals surface area contributed by atoms with Gasteiger partial charge in [-0.25, -0.2) is 9.98 Å². The smallest absolute Gasteiger partial charge is 0.136 e. The average molecular weight is 422 g/mol. The molecule has 0 aromatic carbocycles. The Hall–Kier alpha value is -2.52. The fourth-order valence-corrected chi connectivity index (χ4v) is 4.97. The summed E-state index contributed by atoms with van der Waals surface area (Å²) in [5.41, 5.74) is 5.16. The van der Waals surface area contributed by atoms with E-state index in [1.165, 1.54) is 5.57 Å². The van der Waals surface area contributed by atoms with Crippen molar-refractivity contribution >= 4 is 23.4 Å². The molecule has 2 aliphatic rings. The Labute approximate surface area is 184 Å². The second-order valence-corrected chi connectivity index (χ2v) is 8.54. The van der Waals surface area contributed by atoms with Gasteiger partial charge in [-0.3, -0.25) is 0 Å². The summed E-state index contributed by atoms with van der Waals surface area (Å²) in [5.74, 6) is 4.87. The van der Waals surface area contributed by atoms with Crippen LogP contribution in [0.2, 0.25) is 0 Å². The van der Waals surface area contributed by atoms with Crippen molar-refractivity contribution < 1.29 is 0 Å². The zero-order valence-electron chi connectivity index (χ0n) is 18.7. The maximum absolute atomic E-state index is 9.83. The molecule has 0 bridgehead atoms. The van der Waals surface area contributed by atoms with Gasteiger partial charge in [0, 0.05) is 31.0 Å². The molecule has 0 N–H and O–H groups in total. The molecule has 0 radical (unpaired) electrons. The van der Waals surface area contributed by atoms with Crippen LogP contribution in [-0.4, -0.2) is 33.9 Å². The van der Waals surface area contributed by atoms with Gasteiger partial charge in [-0.1, -0.05) is 38.2 Å².